The van der Waals surface area contributed by atoms with Crippen LogP contribution in [0.15, 0.2) is 53.4 Å². The van der Waals surface area contributed by atoms with Crippen molar-refractivity contribution in [1.29, 1.82) is 0 Å². The highest BCUT2D eigenvalue weighted by Crippen LogP contribution is 2.27. The summed E-state index contributed by atoms with van der Waals surface area (Å²) in [4.78, 5) is 1.61. The average molecular weight is 368 g/mol. The Bertz CT molecular complexity index is 806. The van der Waals surface area contributed by atoms with Crippen molar-refractivity contribution in [2.45, 2.75) is 23.6 Å². The Labute approximate surface area is 147 Å². The molecule has 0 saturated heterocycles. The Balaban J connectivity index is 2.26. The van der Waals surface area contributed by atoms with Crippen LogP contribution in [0.3, 0.4) is 0 Å². The lowest BCUT2D eigenvalue weighted by Crippen LogP contribution is -2.27. The monoisotopic (exact) mass is 368 g/mol. The average Bonchev–Trinajstić information content (AvgIpc) is 2.56. The molecule has 0 fully saturated rings. The molecule has 0 aliphatic carbocycles. The van der Waals surface area contributed by atoms with Crippen LogP contribution in [0.5, 0.6) is 0 Å². The Hall–Kier alpha value is -1.99. The summed E-state index contributed by atoms with van der Waals surface area (Å²) in [6.45, 7) is 2.38. The molecule has 2 aromatic carbocycles. The number of nitrogens with one attached hydrogen (secondary N) is 1. The molecule has 1 atom stereocenters. The maximum absolute atomic E-state index is 12.9. The predicted molar refractivity (Wildman–Crippen MR) is 95.7 cm³/mol. The van der Waals surface area contributed by atoms with Gasteiger partial charge in [0.2, 0.25) is 9.84 Å². The van der Waals surface area contributed by atoms with E-state index >= 15 is 0 Å². The number of alkyl halides is 2. The Morgan fingerprint density at radius 3 is 2.20 bits per heavy atom. The molecule has 4 nitrogen and oxygen atoms in total. The van der Waals surface area contributed by atoms with E-state index in [9.17, 15) is 17.2 Å². The van der Waals surface area contributed by atoms with Gasteiger partial charge >= 0.3 is 5.76 Å². The van der Waals surface area contributed by atoms with E-state index in [1.807, 2.05) is 50.2 Å². The lowest BCUT2D eigenvalue weighted by Gasteiger charge is -2.26. The minimum Gasteiger partial charge on any atom is -0.382 e. The van der Waals surface area contributed by atoms with Gasteiger partial charge in [0.05, 0.1) is 16.6 Å². The highest BCUT2D eigenvalue weighted by Gasteiger charge is 2.29. The largest absolute Gasteiger partial charge is 0.382 e. The van der Waals surface area contributed by atoms with Gasteiger partial charge in [-0.15, -0.1) is 0 Å². The molecule has 2 aromatic rings. The predicted octanol–water partition coefficient (Wildman–Crippen LogP) is 3.71. The van der Waals surface area contributed by atoms with Crippen LogP contribution in [0.25, 0.3) is 0 Å². The molecule has 0 bridgehead atoms. The van der Waals surface area contributed by atoms with Gasteiger partial charge in [0.1, 0.15) is 0 Å². The van der Waals surface area contributed by atoms with E-state index < -0.39 is 15.6 Å². The minimum atomic E-state index is -4.66. The van der Waals surface area contributed by atoms with Gasteiger partial charge in [0.15, 0.2) is 0 Å². The van der Waals surface area contributed by atoms with Crippen molar-refractivity contribution >= 4 is 15.5 Å². The molecule has 2 rings (SSSR count). The lowest BCUT2D eigenvalue weighted by atomic mass is 10.0. The zero-order valence-electron chi connectivity index (χ0n) is 14.4. The summed E-state index contributed by atoms with van der Waals surface area (Å²) in [6.07, 6.45) is 0. The molecule has 0 aromatic heterocycles. The third kappa shape index (κ3) is 4.55. The number of benzene rings is 2. The first-order valence-corrected chi connectivity index (χ1v) is 9.36. The van der Waals surface area contributed by atoms with Gasteiger partial charge in [0, 0.05) is 6.54 Å². The highest BCUT2D eigenvalue weighted by molar-refractivity contribution is 7.91. The van der Waals surface area contributed by atoms with Crippen molar-refractivity contribution in [1.82, 2.24) is 4.90 Å². The number of nitrogens with zero attached hydrogens (tertiary/aromatic N) is 1. The van der Waals surface area contributed by atoms with E-state index in [0.717, 1.165) is 11.1 Å². The molecular weight excluding hydrogens is 346 g/mol. The van der Waals surface area contributed by atoms with E-state index in [4.69, 9.17) is 0 Å². The van der Waals surface area contributed by atoms with Crippen molar-refractivity contribution in [3.63, 3.8) is 0 Å². The van der Waals surface area contributed by atoms with Crippen molar-refractivity contribution in [3.05, 3.63) is 59.7 Å². The van der Waals surface area contributed by atoms with Crippen LogP contribution in [0.2, 0.25) is 0 Å². The first kappa shape index (κ1) is 19.3. The molecule has 0 saturated carbocycles. The van der Waals surface area contributed by atoms with Crippen LogP contribution >= 0.6 is 0 Å². The van der Waals surface area contributed by atoms with Crippen molar-refractivity contribution < 1.29 is 17.2 Å². The summed E-state index contributed by atoms with van der Waals surface area (Å²) in [5.74, 6) is -3.45. The zero-order chi connectivity index (χ0) is 18.6. The highest BCUT2D eigenvalue weighted by atomic mass is 32.2. The standard InChI is InChI=1S/C18H22F2N2O2S/c1-13-8-10-14(11-9-13)16(22(2)3)12-21-15-6-4-5-7-17(15)25(23,24)18(19)20/h4-11,16,18,21H,12H2,1-3H3. The number of anilines is 1. The van der Waals surface area contributed by atoms with Gasteiger partial charge < -0.3 is 10.2 Å². The lowest BCUT2D eigenvalue weighted by molar-refractivity contribution is 0.235. The number of hydrogen-bond acceptors (Lipinski definition) is 4. The third-order valence-electron chi connectivity index (χ3n) is 4.00. The molecule has 0 radical (unpaired) electrons. The smallest absolute Gasteiger partial charge is 0.341 e. The molecule has 0 spiro atoms. The van der Waals surface area contributed by atoms with E-state index in [1.165, 1.54) is 18.2 Å². The van der Waals surface area contributed by atoms with Crippen molar-refractivity contribution in [2.75, 3.05) is 26.0 Å². The number of aryl methyl sites for hydroxylation is 1. The molecule has 0 heterocycles. The summed E-state index contributed by atoms with van der Waals surface area (Å²) in [7, 11) is -0.834. The van der Waals surface area contributed by atoms with Crippen LogP contribution in [0.4, 0.5) is 14.5 Å². The summed E-state index contributed by atoms with van der Waals surface area (Å²) in [6, 6.07) is 13.7. The molecular formula is C18H22F2N2O2S. The molecule has 1 N–H and O–H groups in total. The first-order valence-electron chi connectivity index (χ1n) is 7.81. The van der Waals surface area contributed by atoms with Gasteiger partial charge in [-0.2, -0.15) is 8.78 Å². The fraction of sp³-hybridized carbons (Fsp3) is 0.333. The van der Waals surface area contributed by atoms with Crippen LogP contribution in [0, 0.1) is 6.92 Å². The maximum atomic E-state index is 12.9. The second-order valence-electron chi connectivity index (χ2n) is 6.07. The van der Waals surface area contributed by atoms with Crippen LogP contribution in [-0.4, -0.2) is 39.7 Å². The van der Waals surface area contributed by atoms with E-state index in [2.05, 4.69) is 5.32 Å². The molecule has 7 heteroatoms. The third-order valence-corrected chi connectivity index (χ3v) is 5.44. The Kier molecular flexibility index (Phi) is 6.13. The molecule has 1 unspecified atom stereocenters. The number of para-hydroxylation sites is 1. The quantitative estimate of drug-likeness (QED) is 0.809. The molecule has 0 aliphatic heterocycles. The Morgan fingerprint density at radius 2 is 1.64 bits per heavy atom. The van der Waals surface area contributed by atoms with Crippen LogP contribution in [-0.2, 0) is 9.84 Å². The fourth-order valence-corrected chi connectivity index (χ4v) is 3.46. The molecule has 0 amide bonds. The molecule has 0 aliphatic rings. The Morgan fingerprint density at radius 1 is 1.04 bits per heavy atom. The van der Waals surface area contributed by atoms with Crippen LogP contribution in [0.1, 0.15) is 17.2 Å². The number of likely N-dealkylation sites (N-methyl/N-ethyl adjacent to an activating group) is 1. The number of sulfone groups is 1. The summed E-state index contributed by atoms with van der Waals surface area (Å²) in [5, 5.41) is 3.01. The number of hydrogen-bond donors (Lipinski definition) is 1. The maximum Gasteiger partial charge on any atom is 0.341 e. The fourth-order valence-electron chi connectivity index (χ4n) is 2.55. The van der Waals surface area contributed by atoms with Gasteiger partial charge in [-0.05, 0) is 38.7 Å². The second-order valence-corrected chi connectivity index (χ2v) is 7.96. The van der Waals surface area contributed by atoms with Gasteiger partial charge in [-0.25, -0.2) is 8.42 Å². The molecule has 25 heavy (non-hydrogen) atoms. The van der Waals surface area contributed by atoms with Gasteiger partial charge in [0.25, 0.3) is 0 Å². The van der Waals surface area contributed by atoms with Crippen molar-refractivity contribution in [3.8, 4) is 0 Å². The first-order chi connectivity index (χ1) is 11.7. The topological polar surface area (TPSA) is 49.4 Å². The normalized spacial score (nSPS) is 13.2. The summed E-state index contributed by atoms with van der Waals surface area (Å²) >= 11 is 0. The van der Waals surface area contributed by atoms with E-state index in [-0.39, 0.29) is 16.6 Å². The van der Waals surface area contributed by atoms with Gasteiger partial charge in [-0.1, -0.05) is 42.0 Å². The van der Waals surface area contributed by atoms with E-state index in [1.54, 1.807) is 6.07 Å². The van der Waals surface area contributed by atoms with Crippen molar-refractivity contribution in [2.24, 2.45) is 0 Å². The van der Waals surface area contributed by atoms with E-state index in [0.29, 0.717) is 6.54 Å². The zero-order valence-corrected chi connectivity index (χ0v) is 15.2. The summed E-state index contributed by atoms with van der Waals surface area (Å²) < 4.78 is 49.4. The van der Waals surface area contributed by atoms with Gasteiger partial charge in [-0.3, -0.25) is 0 Å². The second kappa shape index (κ2) is 7.93. The molecule has 136 valence electrons. The minimum absolute atomic E-state index is 0.0390. The number of halogens is 2. The number of rotatable bonds is 7. The van der Waals surface area contributed by atoms with Crippen LogP contribution < -0.4 is 5.32 Å². The SMILES string of the molecule is Cc1ccc(C(CNc2ccccc2S(=O)(=O)C(F)F)N(C)C)cc1. The summed E-state index contributed by atoms with van der Waals surface area (Å²) in [5.41, 5.74) is 2.38.